The van der Waals surface area contributed by atoms with E-state index in [2.05, 4.69) is 20.6 Å². The number of hydrogen-bond donors (Lipinski definition) is 3. The van der Waals surface area contributed by atoms with Crippen molar-refractivity contribution in [1.82, 2.24) is 9.97 Å². The molecule has 5 aromatic rings. The highest BCUT2D eigenvalue weighted by Crippen LogP contribution is 2.38. The van der Waals surface area contributed by atoms with E-state index < -0.39 is 56.0 Å². The molecule has 288 valence electrons. The molecular formula is C41H41F4N5O4S. The van der Waals surface area contributed by atoms with Gasteiger partial charge in [-0.3, -0.25) is 4.79 Å². The number of nitrogens with one attached hydrogen (secondary N) is 2. The van der Waals surface area contributed by atoms with Crippen LogP contribution >= 0.6 is 0 Å². The number of carbonyl (C=O) groups excluding carboxylic acids is 1. The fourth-order valence-electron chi connectivity index (χ4n) is 5.92. The molecule has 0 aliphatic heterocycles. The Morgan fingerprint density at radius 2 is 1.64 bits per heavy atom. The van der Waals surface area contributed by atoms with Crippen LogP contribution in [0.2, 0.25) is 0 Å². The summed E-state index contributed by atoms with van der Waals surface area (Å²) in [4.78, 5) is 21.1. The standard InChI is InChI=1S/C41H41F4N5O4S/c1-5-40(46,6-2)22-23-47-33-17-10-14-29(19-18-28-12-8-7-9-13-28)37(33)55(52,53)31-16-11-15-30(24-31)50-38(51)36-26(3)32(41(43,44)45)25-48-39(36)54-34-20-21-35(42)49-27(34)4/h7-21,24-25,47H,5-6,22-23,46H2,1-4H3,(H,50,51). The SMILES string of the molecule is CCC(N)(CC)CCNc1cccc(C=Cc2ccccc2)c1S(=O)(=O)c1cccc(NC(=O)c2c(Oc3ccc(F)nc3C)ncc(C(F)(F)F)c2C)c1. The van der Waals surface area contributed by atoms with E-state index in [-0.39, 0.29) is 26.9 Å². The Hall–Kier alpha value is -5.60. The monoisotopic (exact) mass is 775 g/mol. The van der Waals surface area contributed by atoms with E-state index in [0.29, 0.717) is 30.4 Å². The number of aryl methyl sites for hydroxylation is 1. The van der Waals surface area contributed by atoms with E-state index in [0.717, 1.165) is 31.4 Å². The minimum absolute atomic E-state index is 0.0156. The highest BCUT2D eigenvalue weighted by Gasteiger charge is 2.36. The molecule has 4 N–H and O–H groups in total. The van der Waals surface area contributed by atoms with Gasteiger partial charge in [0, 0.05) is 24.0 Å². The molecule has 0 saturated carbocycles. The second-order valence-electron chi connectivity index (χ2n) is 13.0. The number of anilines is 2. The minimum Gasteiger partial charge on any atom is -0.436 e. The van der Waals surface area contributed by atoms with Gasteiger partial charge in [-0.15, -0.1) is 0 Å². The van der Waals surface area contributed by atoms with E-state index >= 15 is 0 Å². The number of rotatable bonds is 14. The van der Waals surface area contributed by atoms with Gasteiger partial charge in [0.25, 0.3) is 5.91 Å². The molecular weight excluding hydrogens is 735 g/mol. The van der Waals surface area contributed by atoms with E-state index in [1.165, 1.54) is 37.3 Å². The molecule has 0 atom stereocenters. The van der Waals surface area contributed by atoms with Crippen molar-refractivity contribution in [3.05, 3.63) is 131 Å². The summed E-state index contributed by atoms with van der Waals surface area (Å²) in [7, 11) is -4.32. The predicted molar refractivity (Wildman–Crippen MR) is 205 cm³/mol. The highest BCUT2D eigenvalue weighted by molar-refractivity contribution is 7.91. The normalized spacial score (nSPS) is 12.2. The number of sulfone groups is 1. The first-order valence-electron chi connectivity index (χ1n) is 17.5. The first kappa shape index (κ1) is 40.6. The number of halogens is 4. The molecule has 0 aliphatic carbocycles. The third kappa shape index (κ3) is 9.56. The Balaban J connectivity index is 1.54. The summed E-state index contributed by atoms with van der Waals surface area (Å²) in [5.74, 6) is -2.40. The quantitative estimate of drug-likeness (QED) is 0.0577. The van der Waals surface area contributed by atoms with Gasteiger partial charge in [0.05, 0.1) is 21.8 Å². The van der Waals surface area contributed by atoms with Gasteiger partial charge < -0.3 is 21.1 Å². The maximum atomic E-state index is 14.6. The Morgan fingerprint density at radius 1 is 0.927 bits per heavy atom. The number of carbonyl (C=O) groups is 1. The van der Waals surface area contributed by atoms with Crippen molar-refractivity contribution < 1.29 is 35.5 Å². The minimum atomic E-state index is -4.86. The molecule has 0 unspecified atom stereocenters. The van der Waals surface area contributed by atoms with Crippen LogP contribution < -0.4 is 21.1 Å². The molecule has 5 rings (SSSR count). The molecule has 0 saturated heterocycles. The summed E-state index contributed by atoms with van der Waals surface area (Å²) in [5, 5.41) is 5.80. The molecule has 3 aromatic carbocycles. The van der Waals surface area contributed by atoms with Crippen LogP contribution in [0.25, 0.3) is 12.2 Å². The Morgan fingerprint density at radius 3 is 2.31 bits per heavy atom. The second kappa shape index (κ2) is 16.8. The molecule has 55 heavy (non-hydrogen) atoms. The molecule has 0 spiro atoms. The largest absolute Gasteiger partial charge is 0.436 e. The van der Waals surface area contributed by atoms with Gasteiger partial charge in [-0.1, -0.05) is 74.5 Å². The van der Waals surface area contributed by atoms with Crippen molar-refractivity contribution >= 4 is 39.3 Å². The Kier molecular flexibility index (Phi) is 12.4. The third-order valence-corrected chi connectivity index (χ3v) is 11.2. The number of benzene rings is 3. The van der Waals surface area contributed by atoms with Crippen LogP contribution in [0.1, 0.15) is 71.4 Å². The summed E-state index contributed by atoms with van der Waals surface area (Å²) in [6, 6.07) is 22.0. The lowest BCUT2D eigenvalue weighted by Gasteiger charge is -2.27. The highest BCUT2D eigenvalue weighted by atomic mass is 32.2. The lowest BCUT2D eigenvalue weighted by atomic mass is 9.90. The second-order valence-corrected chi connectivity index (χ2v) is 14.9. The van der Waals surface area contributed by atoms with Crippen LogP contribution in [0.3, 0.4) is 0 Å². The van der Waals surface area contributed by atoms with Crippen LogP contribution in [0.4, 0.5) is 28.9 Å². The number of aromatic nitrogens is 2. The molecule has 0 aliphatic rings. The predicted octanol–water partition coefficient (Wildman–Crippen LogP) is 9.62. The average molecular weight is 776 g/mol. The van der Waals surface area contributed by atoms with E-state index in [9.17, 15) is 30.8 Å². The van der Waals surface area contributed by atoms with Crippen molar-refractivity contribution in [2.75, 3.05) is 17.2 Å². The van der Waals surface area contributed by atoms with Crippen LogP contribution in [0, 0.1) is 19.8 Å². The van der Waals surface area contributed by atoms with Gasteiger partial charge >= 0.3 is 6.18 Å². The first-order chi connectivity index (χ1) is 26.1. The molecule has 0 radical (unpaired) electrons. The number of hydrogen-bond acceptors (Lipinski definition) is 8. The van der Waals surface area contributed by atoms with Gasteiger partial charge in [-0.2, -0.15) is 17.6 Å². The van der Waals surface area contributed by atoms with Gasteiger partial charge in [0.15, 0.2) is 5.75 Å². The zero-order chi connectivity index (χ0) is 40.0. The number of alkyl halides is 3. The fourth-order valence-corrected chi connectivity index (χ4v) is 7.57. The third-order valence-electron chi connectivity index (χ3n) is 9.36. The summed E-state index contributed by atoms with van der Waals surface area (Å²) in [6.45, 7) is 6.91. The van der Waals surface area contributed by atoms with Crippen molar-refractivity contribution in [1.29, 1.82) is 0 Å². The molecule has 14 heteroatoms. The summed E-state index contributed by atoms with van der Waals surface area (Å²) >= 11 is 0. The number of amides is 1. The molecule has 2 heterocycles. The number of ether oxygens (including phenoxy) is 1. The summed E-state index contributed by atoms with van der Waals surface area (Å²) < 4.78 is 90.5. The number of nitrogens with two attached hydrogens (primary N) is 1. The van der Waals surface area contributed by atoms with Crippen molar-refractivity contribution in [3.8, 4) is 11.6 Å². The van der Waals surface area contributed by atoms with Gasteiger partial charge in [0.1, 0.15) is 10.5 Å². The van der Waals surface area contributed by atoms with Gasteiger partial charge in [0.2, 0.25) is 21.7 Å². The average Bonchev–Trinajstić information content (AvgIpc) is 3.15. The molecule has 1 amide bonds. The lowest BCUT2D eigenvalue weighted by molar-refractivity contribution is -0.138. The van der Waals surface area contributed by atoms with Crippen LogP contribution in [0.5, 0.6) is 11.6 Å². The Labute approximate surface area is 317 Å². The van der Waals surface area contributed by atoms with Crippen molar-refractivity contribution in [3.63, 3.8) is 0 Å². The maximum Gasteiger partial charge on any atom is 0.418 e. The van der Waals surface area contributed by atoms with Crippen LogP contribution in [-0.4, -0.2) is 36.4 Å². The molecule has 9 nitrogen and oxygen atoms in total. The first-order valence-corrected chi connectivity index (χ1v) is 19.0. The smallest absolute Gasteiger partial charge is 0.418 e. The maximum absolute atomic E-state index is 14.6. The van der Waals surface area contributed by atoms with E-state index in [1.54, 1.807) is 30.4 Å². The van der Waals surface area contributed by atoms with E-state index in [4.69, 9.17) is 10.5 Å². The van der Waals surface area contributed by atoms with Crippen molar-refractivity contribution in [2.24, 2.45) is 5.73 Å². The van der Waals surface area contributed by atoms with Gasteiger partial charge in [-0.05, 0) is 86.2 Å². The summed E-state index contributed by atoms with van der Waals surface area (Å²) in [5.41, 5.74) is 5.48. The number of nitrogens with zero attached hydrogens (tertiary/aromatic N) is 2. The number of pyridine rings is 2. The Bertz CT molecular complexity index is 2310. The van der Waals surface area contributed by atoms with Crippen LogP contribution in [0.15, 0.2) is 101 Å². The van der Waals surface area contributed by atoms with Crippen LogP contribution in [-0.2, 0) is 16.0 Å². The molecule has 0 fully saturated rings. The topological polar surface area (TPSA) is 136 Å². The molecule has 0 bridgehead atoms. The molecule has 2 aromatic heterocycles. The lowest BCUT2D eigenvalue weighted by Crippen LogP contribution is -2.40. The fraction of sp³-hybridized carbons (Fsp3) is 0.244. The zero-order valence-corrected chi connectivity index (χ0v) is 31.5. The van der Waals surface area contributed by atoms with E-state index in [1.807, 2.05) is 44.2 Å². The van der Waals surface area contributed by atoms with Gasteiger partial charge in [-0.25, -0.2) is 18.4 Å². The van der Waals surface area contributed by atoms with Crippen molar-refractivity contribution in [2.45, 2.75) is 68.5 Å². The summed E-state index contributed by atoms with van der Waals surface area (Å²) in [6.07, 6.45) is 1.23. The zero-order valence-electron chi connectivity index (χ0n) is 30.7.